The molecule has 1 amide bonds. The third-order valence-corrected chi connectivity index (χ3v) is 14.8. The molecule has 0 aromatic rings. The third-order valence-electron chi connectivity index (χ3n) is 14.8. The van der Waals surface area contributed by atoms with Crippen molar-refractivity contribution in [2.75, 3.05) is 19.8 Å². The Balaban J connectivity index is 1.78. The van der Waals surface area contributed by atoms with Crippen molar-refractivity contribution in [1.82, 2.24) is 5.32 Å². The Morgan fingerprint density at radius 2 is 0.865 bits per heavy atom. The summed E-state index contributed by atoms with van der Waals surface area (Å²) in [5, 5.41) is 87.1. The summed E-state index contributed by atoms with van der Waals surface area (Å²) in [5.74, 6) is -0.252. The minimum atomic E-state index is -1.79. The van der Waals surface area contributed by atoms with Gasteiger partial charge in [0.05, 0.1) is 32.0 Å². The lowest BCUT2D eigenvalue weighted by atomic mass is 9.97. The number of ether oxygens (including phenoxy) is 4. The zero-order chi connectivity index (χ0) is 53.9. The summed E-state index contributed by atoms with van der Waals surface area (Å²) in [7, 11) is 0. The van der Waals surface area contributed by atoms with Crippen molar-refractivity contribution in [2.24, 2.45) is 0 Å². The van der Waals surface area contributed by atoms with Gasteiger partial charge in [-0.2, -0.15) is 0 Å². The number of unbranched alkanes of at least 4 members (excludes halogenated alkanes) is 31. The van der Waals surface area contributed by atoms with Gasteiger partial charge < -0.3 is 65.1 Å². The lowest BCUT2D eigenvalue weighted by Crippen LogP contribution is -2.65. The molecule has 2 aliphatic rings. The van der Waals surface area contributed by atoms with Gasteiger partial charge in [-0.1, -0.05) is 217 Å². The highest BCUT2D eigenvalue weighted by molar-refractivity contribution is 5.76. The van der Waals surface area contributed by atoms with Gasteiger partial charge in [0.1, 0.15) is 48.8 Å². The van der Waals surface area contributed by atoms with Gasteiger partial charge in [0.2, 0.25) is 5.91 Å². The van der Waals surface area contributed by atoms with Crippen LogP contribution in [-0.2, 0) is 23.7 Å². The van der Waals surface area contributed by atoms with Gasteiger partial charge in [0, 0.05) is 6.42 Å². The number of carbonyl (C=O) groups excluding carboxylic acids is 1. The van der Waals surface area contributed by atoms with E-state index in [4.69, 9.17) is 18.9 Å². The molecule has 2 heterocycles. The third kappa shape index (κ3) is 31.6. The highest BCUT2D eigenvalue weighted by Crippen LogP contribution is 2.30. The maximum atomic E-state index is 13.2. The van der Waals surface area contributed by atoms with Gasteiger partial charge in [0.15, 0.2) is 12.6 Å². The Morgan fingerprint density at radius 3 is 1.32 bits per heavy atom. The highest BCUT2D eigenvalue weighted by Gasteiger charge is 2.51. The van der Waals surface area contributed by atoms with Crippen LogP contribution in [0.3, 0.4) is 0 Å². The fourth-order valence-corrected chi connectivity index (χ4v) is 9.89. The number of rotatable bonds is 48. The summed E-state index contributed by atoms with van der Waals surface area (Å²) in [5.41, 5.74) is 0. The second kappa shape index (κ2) is 46.2. The molecule has 0 saturated carbocycles. The molecule has 0 aromatic heterocycles. The molecule has 434 valence electrons. The Hall–Kier alpha value is -1.79. The molecule has 12 unspecified atom stereocenters. The van der Waals surface area contributed by atoms with Crippen molar-refractivity contribution in [3.05, 3.63) is 36.5 Å². The van der Waals surface area contributed by atoms with E-state index in [1.54, 1.807) is 6.08 Å². The van der Waals surface area contributed by atoms with Crippen LogP contribution in [0.25, 0.3) is 0 Å². The summed E-state index contributed by atoms with van der Waals surface area (Å²) in [6.07, 6.45) is 39.0. The number of amides is 1. The average Bonchev–Trinajstić information content (AvgIpc) is 3.40. The molecule has 0 radical (unpaired) electrons. The van der Waals surface area contributed by atoms with Gasteiger partial charge in [-0.3, -0.25) is 4.79 Å². The molecular weight excluding hydrogens is 943 g/mol. The van der Waals surface area contributed by atoms with E-state index in [1.165, 1.54) is 173 Å². The summed E-state index contributed by atoms with van der Waals surface area (Å²) in [6.45, 7) is 2.79. The predicted molar refractivity (Wildman–Crippen MR) is 295 cm³/mol. The smallest absolute Gasteiger partial charge is 0.220 e. The van der Waals surface area contributed by atoms with Crippen LogP contribution in [0.4, 0.5) is 0 Å². The van der Waals surface area contributed by atoms with E-state index in [1.807, 2.05) is 6.08 Å². The van der Waals surface area contributed by atoms with Gasteiger partial charge in [-0.25, -0.2) is 0 Å². The SMILES string of the molecule is CCCCCCCC/C=C\CCCCCCCCCC(=O)NC(COC1OC(CO)C(OC2OC(CO)C(O)C(O)C2O)C(O)C1O)C(O)/C=C/CC/C=C/CCCCCCCCCCCCCCCCCCC. The molecule has 0 bridgehead atoms. The number of nitrogens with one attached hydrogen (secondary N) is 1. The Bertz CT molecular complexity index is 1380. The molecule has 74 heavy (non-hydrogen) atoms. The summed E-state index contributed by atoms with van der Waals surface area (Å²) in [6, 6.07) is -0.933. The standard InChI is InChI=1S/C60H111NO13/c1-3-5-7-9-11-13-15-17-19-21-22-23-24-25-26-28-29-31-33-35-37-39-41-43-49(64)48(61-52(65)44-42-40-38-36-34-32-30-27-20-18-16-14-12-10-8-6-4-2)47-71-59-57(70)55(68)58(51(46-63)73-59)74-60-56(69)54(67)53(66)50(45-62)72-60/h18,20,33,35,41,43,48-51,53-60,62-64,66-70H,3-17,19,21-32,34,36-40,42,44-47H2,1-2H3,(H,61,65)/b20-18-,35-33+,43-41+. The quantitative estimate of drug-likeness (QED) is 0.0204. The molecule has 0 spiro atoms. The van der Waals surface area contributed by atoms with Crippen molar-refractivity contribution >= 4 is 5.91 Å². The number of aliphatic hydroxyl groups excluding tert-OH is 8. The number of hydrogen-bond acceptors (Lipinski definition) is 13. The van der Waals surface area contributed by atoms with Crippen LogP contribution in [-0.4, -0.2) is 140 Å². The molecule has 0 aliphatic carbocycles. The maximum Gasteiger partial charge on any atom is 0.220 e. The van der Waals surface area contributed by atoms with Crippen molar-refractivity contribution in [3.8, 4) is 0 Å². The molecule has 2 aliphatic heterocycles. The molecular formula is C60H111NO13. The number of allylic oxidation sites excluding steroid dienone is 5. The first kappa shape index (κ1) is 68.3. The molecule has 2 rings (SSSR count). The number of hydrogen-bond donors (Lipinski definition) is 9. The molecule has 9 N–H and O–H groups in total. The van der Waals surface area contributed by atoms with Crippen LogP contribution in [0.1, 0.15) is 245 Å². The average molecular weight is 1050 g/mol. The van der Waals surface area contributed by atoms with E-state index in [2.05, 4.69) is 43.5 Å². The Morgan fingerprint density at radius 1 is 0.473 bits per heavy atom. The normalized spacial score (nSPS) is 25.4. The van der Waals surface area contributed by atoms with E-state index < -0.39 is 86.8 Å². The second-order valence-corrected chi connectivity index (χ2v) is 21.5. The summed E-state index contributed by atoms with van der Waals surface area (Å²) >= 11 is 0. The van der Waals surface area contributed by atoms with E-state index in [-0.39, 0.29) is 18.9 Å². The van der Waals surface area contributed by atoms with Crippen molar-refractivity contribution in [3.63, 3.8) is 0 Å². The number of aliphatic hydroxyl groups is 8. The highest BCUT2D eigenvalue weighted by atomic mass is 16.7. The van der Waals surface area contributed by atoms with Crippen molar-refractivity contribution in [2.45, 2.75) is 319 Å². The lowest BCUT2D eigenvalue weighted by molar-refractivity contribution is -0.359. The predicted octanol–water partition coefficient (Wildman–Crippen LogP) is 10.2. The van der Waals surface area contributed by atoms with Crippen molar-refractivity contribution in [1.29, 1.82) is 0 Å². The van der Waals surface area contributed by atoms with Crippen molar-refractivity contribution < 1.29 is 64.6 Å². The molecule has 2 fully saturated rings. The van der Waals surface area contributed by atoms with Crippen LogP contribution in [0, 0.1) is 0 Å². The maximum absolute atomic E-state index is 13.2. The van der Waals surface area contributed by atoms with Gasteiger partial charge in [0.25, 0.3) is 0 Å². The number of carbonyl (C=O) groups is 1. The monoisotopic (exact) mass is 1050 g/mol. The van der Waals surface area contributed by atoms with E-state index in [9.17, 15) is 45.6 Å². The molecule has 12 atom stereocenters. The molecule has 14 nitrogen and oxygen atoms in total. The molecule has 2 saturated heterocycles. The van der Waals surface area contributed by atoms with Gasteiger partial charge in [-0.15, -0.1) is 0 Å². The first-order valence-electron chi connectivity index (χ1n) is 30.2. The minimum absolute atomic E-state index is 0.252. The Labute approximate surface area is 449 Å². The van der Waals surface area contributed by atoms with E-state index in [0.717, 1.165) is 38.5 Å². The van der Waals surface area contributed by atoms with E-state index >= 15 is 0 Å². The van der Waals surface area contributed by atoms with Gasteiger partial charge >= 0.3 is 0 Å². The van der Waals surface area contributed by atoms with Gasteiger partial charge in [-0.05, 0) is 57.8 Å². The fourth-order valence-electron chi connectivity index (χ4n) is 9.89. The summed E-state index contributed by atoms with van der Waals surface area (Å²) in [4.78, 5) is 13.2. The van der Waals surface area contributed by atoms with Crippen LogP contribution in [0.5, 0.6) is 0 Å². The fraction of sp³-hybridized carbons (Fsp3) is 0.883. The summed E-state index contributed by atoms with van der Waals surface area (Å²) < 4.78 is 22.8. The van der Waals surface area contributed by atoms with Crippen LogP contribution in [0.15, 0.2) is 36.5 Å². The van der Waals surface area contributed by atoms with Crippen LogP contribution >= 0.6 is 0 Å². The lowest BCUT2D eigenvalue weighted by Gasteiger charge is -2.46. The topological polar surface area (TPSA) is 228 Å². The zero-order valence-electron chi connectivity index (χ0n) is 46.6. The zero-order valence-corrected chi connectivity index (χ0v) is 46.6. The molecule has 14 heteroatoms. The first-order chi connectivity index (χ1) is 36.1. The van der Waals surface area contributed by atoms with E-state index in [0.29, 0.717) is 12.8 Å². The minimum Gasteiger partial charge on any atom is -0.394 e. The second-order valence-electron chi connectivity index (χ2n) is 21.5. The van der Waals surface area contributed by atoms with Crippen LogP contribution in [0.2, 0.25) is 0 Å². The first-order valence-corrected chi connectivity index (χ1v) is 30.2. The largest absolute Gasteiger partial charge is 0.394 e. The van der Waals surface area contributed by atoms with Crippen LogP contribution < -0.4 is 5.32 Å². The Kier molecular flexibility index (Phi) is 42.6. The molecule has 0 aromatic carbocycles.